The predicted octanol–water partition coefficient (Wildman–Crippen LogP) is 0.205. The van der Waals surface area contributed by atoms with Gasteiger partial charge in [0.1, 0.15) is 5.54 Å². The Labute approximate surface area is 109 Å². The van der Waals surface area contributed by atoms with Crippen molar-refractivity contribution in [3.8, 4) is 0 Å². The van der Waals surface area contributed by atoms with Gasteiger partial charge in [0, 0.05) is 31.7 Å². The molecule has 0 spiro atoms. The number of carboxylic acid groups (broad SMARTS) is 1. The van der Waals surface area contributed by atoms with Gasteiger partial charge in [-0.15, -0.1) is 0 Å². The highest BCUT2D eigenvalue weighted by Crippen LogP contribution is 2.39. The van der Waals surface area contributed by atoms with Gasteiger partial charge < -0.3 is 10.8 Å². The van der Waals surface area contributed by atoms with Gasteiger partial charge in [-0.05, 0) is 39.7 Å². The third-order valence-corrected chi connectivity index (χ3v) is 4.58. The van der Waals surface area contributed by atoms with Crippen molar-refractivity contribution in [2.45, 2.75) is 37.8 Å². The van der Waals surface area contributed by atoms with Crippen LogP contribution >= 0.6 is 0 Å². The smallest absolute Gasteiger partial charge is 0.325 e. The number of nitrogens with two attached hydrogens (primary N) is 1. The molecule has 0 aromatic heterocycles. The molecule has 1 aliphatic heterocycles. The van der Waals surface area contributed by atoms with E-state index >= 15 is 0 Å². The number of rotatable bonds is 4. The van der Waals surface area contributed by atoms with Crippen molar-refractivity contribution in [1.29, 1.82) is 0 Å². The molecule has 1 saturated heterocycles. The molecular formula is C13H25N3O2. The molecule has 5 heteroatoms. The first-order valence-electron chi connectivity index (χ1n) is 6.71. The van der Waals surface area contributed by atoms with E-state index in [0.29, 0.717) is 6.54 Å². The number of aliphatic carboxylic acids is 1. The zero-order valence-corrected chi connectivity index (χ0v) is 11.6. The van der Waals surface area contributed by atoms with Gasteiger partial charge >= 0.3 is 5.97 Å². The zero-order chi connectivity index (χ0) is 13.6. The van der Waals surface area contributed by atoms with Crippen LogP contribution in [0.25, 0.3) is 0 Å². The summed E-state index contributed by atoms with van der Waals surface area (Å²) >= 11 is 0. The van der Waals surface area contributed by atoms with E-state index in [-0.39, 0.29) is 11.5 Å². The normalized spacial score (nSPS) is 28.9. The summed E-state index contributed by atoms with van der Waals surface area (Å²) in [7, 11) is 2.12. The van der Waals surface area contributed by atoms with Crippen molar-refractivity contribution < 1.29 is 9.90 Å². The molecule has 3 N–H and O–H groups in total. The van der Waals surface area contributed by atoms with Gasteiger partial charge in [0.2, 0.25) is 0 Å². The lowest BCUT2D eigenvalue weighted by Gasteiger charge is -2.47. The van der Waals surface area contributed by atoms with E-state index in [1.54, 1.807) is 0 Å². The molecule has 18 heavy (non-hydrogen) atoms. The lowest BCUT2D eigenvalue weighted by atomic mass is 9.91. The molecule has 0 aromatic carbocycles. The van der Waals surface area contributed by atoms with E-state index < -0.39 is 11.5 Å². The van der Waals surface area contributed by atoms with E-state index in [1.807, 2.05) is 0 Å². The summed E-state index contributed by atoms with van der Waals surface area (Å²) in [5, 5.41) is 9.39. The molecular weight excluding hydrogens is 230 g/mol. The Hall–Kier alpha value is -0.650. The maximum absolute atomic E-state index is 11.4. The minimum atomic E-state index is -1.05. The van der Waals surface area contributed by atoms with Crippen LogP contribution in [0, 0.1) is 5.92 Å². The Morgan fingerprint density at radius 2 is 2.06 bits per heavy atom. The number of carboxylic acids is 1. The molecule has 2 rings (SSSR count). The topological polar surface area (TPSA) is 69.8 Å². The van der Waals surface area contributed by atoms with Crippen LogP contribution in [0.4, 0.5) is 0 Å². The van der Waals surface area contributed by atoms with E-state index in [9.17, 15) is 9.90 Å². The first-order chi connectivity index (χ1) is 8.25. The minimum absolute atomic E-state index is 0.0845. The monoisotopic (exact) mass is 255 g/mol. The lowest BCUT2D eigenvalue weighted by Crippen LogP contribution is -2.64. The van der Waals surface area contributed by atoms with Gasteiger partial charge in [0.15, 0.2) is 0 Å². The summed E-state index contributed by atoms with van der Waals surface area (Å²) in [5.41, 5.74) is 5.18. The highest BCUT2D eigenvalue weighted by Gasteiger charge is 2.50. The van der Waals surface area contributed by atoms with Crippen molar-refractivity contribution in [1.82, 2.24) is 9.80 Å². The maximum atomic E-state index is 11.4. The zero-order valence-electron chi connectivity index (χ0n) is 11.6. The van der Waals surface area contributed by atoms with Crippen LogP contribution in [0.2, 0.25) is 0 Å². The van der Waals surface area contributed by atoms with Gasteiger partial charge in [-0.2, -0.15) is 0 Å². The predicted molar refractivity (Wildman–Crippen MR) is 70.4 cm³/mol. The molecule has 1 unspecified atom stereocenters. The highest BCUT2D eigenvalue weighted by atomic mass is 16.4. The van der Waals surface area contributed by atoms with Crippen LogP contribution in [0.3, 0.4) is 0 Å². The Balaban J connectivity index is 2.02. The quantitative estimate of drug-likeness (QED) is 0.751. The molecule has 1 atom stereocenters. The van der Waals surface area contributed by atoms with Gasteiger partial charge in [-0.25, -0.2) is 0 Å². The number of nitrogens with zero attached hydrogens (tertiary/aromatic N) is 2. The fraction of sp³-hybridized carbons (Fsp3) is 0.923. The van der Waals surface area contributed by atoms with Crippen LogP contribution in [-0.2, 0) is 4.79 Å². The summed E-state index contributed by atoms with van der Waals surface area (Å²) in [4.78, 5) is 16.0. The van der Waals surface area contributed by atoms with Crippen molar-refractivity contribution in [2.75, 3.05) is 33.2 Å². The molecule has 1 saturated carbocycles. The highest BCUT2D eigenvalue weighted by molar-refractivity contribution is 5.79. The Kier molecular flexibility index (Phi) is 3.42. The van der Waals surface area contributed by atoms with Crippen LogP contribution in [0.5, 0.6) is 0 Å². The van der Waals surface area contributed by atoms with E-state index in [4.69, 9.17) is 5.73 Å². The SMILES string of the molecule is CN1CCN(CC(N)(C(=O)O)C2CC2)CC1(C)C. The largest absolute Gasteiger partial charge is 0.480 e. The number of hydrogen-bond acceptors (Lipinski definition) is 4. The van der Waals surface area contributed by atoms with Crippen LogP contribution in [0.1, 0.15) is 26.7 Å². The standard InChI is InChI=1S/C13H25N3O2/c1-12(2)8-16(7-6-15(12)3)9-13(14,11(17)18)10-4-5-10/h10H,4-9,14H2,1-3H3,(H,17,18). The van der Waals surface area contributed by atoms with Crippen LogP contribution in [-0.4, -0.2) is 65.2 Å². The molecule has 0 amide bonds. The second-order valence-electron chi connectivity index (χ2n) is 6.56. The first kappa shape index (κ1) is 13.8. The molecule has 104 valence electrons. The minimum Gasteiger partial charge on any atom is -0.480 e. The Morgan fingerprint density at radius 1 is 1.44 bits per heavy atom. The van der Waals surface area contributed by atoms with Crippen molar-refractivity contribution in [2.24, 2.45) is 11.7 Å². The van der Waals surface area contributed by atoms with Gasteiger partial charge in [0.25, 0.3) is 0 Å². The average molecular weight is 255 g/mol. The van der Waals surface area contributed by atoms with Crippen molar-refractivity contribution in [3.05, 3.63) is 0 Å². The third kappa shape index (κ3) is 2.53. The van der Waals surface area contributed by atoms with Crippen molar-refractivity contribution in [3.63, 3.8) is 0 Å². The van der Waals surface area contributed by atoms with E-state index in [1.165, 1.54) is 0 Å². The van der Waals surface area contributed by atoms with E-state index in [2.05, 4.69) is 30.7 Å². The van der Waals surface area contributed by atoms with Gasteiger partial charge in [-0.3, -0.25) is 14.6 Å². The average Bonchev–Trinajstić information content (AvgIpc) is 3.06. The number of carbonyl (C=O) groups is 1. The third-order valence-electron chi connectivity index (χ3n) is 4.58. The molecule has 1 heterocycles. The molecule has 1 aliphatic carbocycles. The molecule has 2 fully saturated rings. The summed E-state index contributed by atoms with van der Waals surface area (Å²) in [5.74, 6) is -0.681. The fourth-order valence-electron chi connectivity index (χ4n) is 2.82. The fourth-order valence-corrected chi connectivity index (χ4v) is 2.82. The van der Waals surface area contributed by atoms with Crippen LogP contribution < -0.4 is 5.73 Å². The molecule has 0 aromatic rings. The van der Waals surface area contributed by atoms with Crippen molar-refractivity contribution >= 4 is 5.97 Å². The van der Waals surface area contributed by atoms with Crippen LogP contribution in [0.15, 0.2) is 0 Å². The number of piperazine rings is 1. The van der Waals surface area contributed by atoms with Gasteiger partial charge in [0.05, 0.1) is 0 Å². The Morgan fingerprint density at radius 3 is 2.50 bits per heavy atom. The summed E-state index contributed by atoms with van der Waals surface area (Å²) < 4.78 is 0. The second-order valence-corrected chi connectivity index (χ2v) is 6.56. The lowest BCUT2D eigenvalue weighted by molar-refractivity contribution is -0.145. The Bertz CT molecular complexity index is 341. The number of likely N-dealkylation sites (N-methyl/N-ethyl adjacent to an activating group) is 1. The molecule has 5 nitrogen and oxygen atoms in total. The summed E-state index contributed by atoms with van der Waals surface area (Å²) in [6.45, 7) is 7.60. The second kappa shape index (κ2) is 4.47. The molecule has 2 aliphatic rings. The van der Waals surface area contributed by atoms with E-state index in [0.717, 1.165) is 32.5 Å². The maximum Gasteiger partial charge on any atom is 0.325 e. The first-order valence-corrected chi connectivity index (χ1v) is 6.71. The number of hydrogen-bond donors (Lipinski definition) is 2. The van der Waals surface area contributed by atoms with Gasteiger partial charge in [-0.1, -0.05) is 0 Å². The molecule has 0 bridgehead atoms. The molecule has 0 radical (unpaired) electrons. The summed E-state index contributed by atoms with van der Waals surface area (Å²) in [6.07, 6.45) is 1.92. The summed E-state index contributed by atoms with van der Waals surface area (Å²) in [6, 6.07) is 0.